The largest absolute Gasteiger partial charge is 0.354 e. The Balaban J connectivity index is 3.41. The number of amides is 1. The highest BCUT2D eigenvalue weighted by Gasteiger charge is 2.09. The van der Waals surface area contributed by atoms with Gasteiger partial charge in [-0.25, -0.2) is 0 Å². The van der Waals surface area contributed by atoms with E-state index in [0.29, 0.717) is 6.42 Å². The first-order valence-corrected chi connectivity index (χ1v) is 6.10. The summed E-state index contributed by atoms with van der Waals surface area (Å²) in [6.45, 7) is 3.85. The first-order valence-electron chi connectivity index (χ1n) is 6.10. The molecule has 16 heavy (non-hydrogen) atoms. The fraction of sp³-hybridized carbons (Fsp3) is 0.833. The standard InChI is InChI=1S/C12H24N2O2/c1-3-4-5-6-7-8-12(16)14-9-11(13)10(2)15/h11H,3-9,13H2,1-2H3,(H,14,16)/t11-/m0/s1. The van der Waals surface area contributed by atoms with E-state index in [1.165, 1.54) is 26.2 Å². The van der Waals surface area contributed by atoms with Crippen LogP contribution in [-0.2, 0) is 9.59 Å². The molecule has 94 valence electrons. The van der Waals surface area contributed by atoms with Crippen LogP contribution in [0.15, 0.2) is 0 Å². The molecular weight excluding hydrogens is 204 g/mol. The summed E-state index contributed by atoms with van der Waals surface area (Å²) in [5.74, 6) is -0.101. The highest BCUT2D eigenvalue weighted by molar-refractivity contribution is 5.82. The molecular formula is C12H24N2O2. The number of Topliss-reactive ketones (excluding diaryl/α,β-unsaturated/α-hetero) is 1. The van der Waals surface area contributed by atoms with Crippen LogP contribution in [0, 0.1) is 0 Å². The van der Waals surface area contributed by atoms with Gasteiger partial charge >= 0.3 is 0 Å². The number of rotatable bonds is 9. The molecule has 4 heteroatoms. The number of hydrogen-bond acceptors (Lipinski definition) is 3. The molecule has 0 unspecified atom stereocenters. The van der Waals surface area contributed by atoms with Crippen molar-refractivity contribution in [3.8, 4) is 0 Å². The van der Waals surface area contributed by atoms with Gasteiger partial charge in [-0.2, -0.15) is 0 Å². The van der Waals surface area contributed by atoms with Gasteiger partial charge in [0, 0.05) is 13.0 Å². The van der Waals surface area contributed by atoms with Crippen molar-refractivity contribution in [3.63, 3.8) is 0 Å². The molecule has 0 heterocycles. The van der Waals surface area contributed by atoms with E-state index in [4.69, 9.17) is 5.73 Å². The molecule has 0 saturated carbocycles. The van der Waals surface area contributed by atoms with Crippen molar-refractivity contribution >= 4 is 11.7 Å². The molecule has 0 aromatic carbocycles. The predicted molar refractivity (Wildman–Crippen MR) is 65.0 cm³/mol. The van der Waals surface area contributed by atoms with Gasteiger partial charge in [0.2, 0.25) is 5.91 Å². The molecule has 0 aromatic rings. The van der Waals surface area contributed by atoms with Gasteiger partial charge in [-0.3, -0.25) is 9.59 Å². The first-order chi connectivity index (χ1) is 7.57. The van der Waals surface area contributed by atoms with Gasteiger partial charge in [0.05, 0.1) is 6.04 Å². The molecule has 0 bridgehead atoms. The zero-order valence-electron chi connectivity index (χ0n) is 10.4. The zero-order valence-corrected chi connectivity index (χ0v) is 10.4. The third-order valence-corrected chi connectivity index (χ3v) is 2.55. The fourth-order valence-electron chi connectivity index (χ4n) is 1.35. The van der Waals surface area contributed by atoms with Crippen LogP contribution >= 0.6 is 0 Å². The van der Waals surface area contributed by atoms with E-state index in [1.807, 2.05) is 0 Å². The molecule has 1 atom stereocenters. The van der Waals surface area contributed by atoms with Crippen molar-refractivity contribution in [2.45, 2.75) is 58.4 Å². The predicted octanol–water partition coefficient (Wildman–Crippen LogP) is 1.38. The molecule has 0 aliphatic heterocycles. The normalized spacial score (nSPS) is 12.2. The minimum absolute atomic E-state index is 0.00630. The number of ketones is 1. The molecule has 3 N–H and O–H groups in total. The maximum atomic E-state index is 11.3. The lowest BCUT2D eigenvalue weighted by molar-refractivity contribution is -0.121. The van der Waals surface area contributed by atoms with E-state index < -0.39 is 6.04 Å². The Morgan fingerprint density at radius 3 is 2.38 bits per heavy atom. The maximum Gasteiger partial charge on any atom is 0.220 e. The zero-order chi connectivity index (χ0) is 12.4. The summed E-state index contributed by atoms with van der Waals surface area (Å²) in [5.41, 5.74) is 5.49. The molecule has 1 amide bonds. The summed E-state index contributed by atoms with van der Waals surface area (Å²) in [7, 11) is 0. The minimum atomic E-state index is -0.566. The van der Waals surface area contributed by atoms with Crippen molar-refractivity contribution in [2.24, 2.45) is 5.73 Å². The molecule has 0 radical (unpaired) electrons. The average Bonchev–Trinajstić information content (AvgIpc) is 2.25. The van der Waals surface area contributed by atoms with Crippen LogP contribution in [0.3, 0.4) is 0 Å². The highest BCUT2D eigenvalue weighted by atomic mass is 16.1. The SMILES string of the molecule is CCCCCCCC(=O)NC[C@H](N)C(C)=O. The summed E-state index contributed by atoms with van der Waals surface area (Å²) in [6.07, 6.45) is 6.18. The molecule has 0 aliphatic carbocycles. The summed E-state index contributed by atoms with van der Waals surface area (Å²) in [4.78, 5) is 22.1. The van der Waals surface area contributed by atoms with E-state index in [2.05, 4.69) is 12.2 Å². The van der Waals surface area contributed by atoms with E-state index in [1.54, 1.807) is 0 Å². The van der Waals surface area contributed by atoms with Crippen LogP contribution in [0.1, 0.15) is 52.4 Å². The lowest BCUT2D eigenvalue weighted by Crippen LogP contribution is -2.41. The molecule has 0 rings (SSSR count). The monoisotopic (exact) mass is 228 g/mol. The Bertz CT molecular complexity index is 217. The van der Waals surface area contributed by atoms with Crippen molar-refractivity contribution < 1.29 is 9.59 Å². The van der Waals surface area contributed by atoms with Crippen molar-refractivity contribution in [3.05, 3.63) is 0 Å². The number of carbonyl (C=O) groups is 2. The van der Waals surface area contributed by atoms with Crippen LogP contribution in [-0.4, -0.2) is 24.3 Å². The second kappa shape index (κ2) is 9.33. The van der Waals surface area contributed by atoms with Crippen molar-refractivity contribution in [1.29, 1.82) is 0 Å². The second-order valence-corrected chi connectivity index (χ2v) is 4.19. The van der Waals surface area contributed by atoms with Gasteiger partial charge in [0.25, 0.3) is 0 Å². The minimum Gasteiger partial charge on any atom is -0.354 e. The fourth-order valence-corrected chi connectivity index (χ4v) is 1.35. The number of nitrogens with one attached hydrogen (secondary N) is 1. The number of hydrogen-bond donors (Lipinski definition) is 2. The van der Waals surface area contributed by atoms with E-state index in [9.17, 15) is 9.59 Å². The van der Waals surface area contributed by atoms with Gasteiger partial charge in [0.1, 0.15) is 5.78 Å². The van der Waals surface area contributed by atoms with Crippen LogP contribution in [0.5, 0.6) is 0 Å². The third-order valence-electron chi connectivity index (χ3n) is 2.55. The van der Waals surface area contributed by atoms with E-state index in [-0.39, 0.29) is 18.2 Å². The average molecular weight is 228 g/mol. The molecule has 0 saturated heterocycles. The van der Waals surface area contributed by atoms with Gasteiger partial charge < -0.3 is 11.1 Å². The summed E-state index contributed by atoms with van der Waals surface area (Å²) >= 11 is 0. The van der Waals surface area contributed by atoms with E-state index in [0.717, 1.165) is 12.8 Å². The Labute approximate surface area is 98.0 Å². The lowest BCUT2D eigenvalue weighted by atomic mass is 10.1. The summed E-state index contributed by atoms with van der Waals surface area (Å²) < 4.78 is 0. The van der Waals surface area contributed by atoms with Gasteiger partial charge in [-0.05, 0) is 13.3 Å². The quantitative estimate of drug-likeness (QED) is 0.586. The molecule has 0 fully saturated rings. The second-order valence-electron chi connectivity index (χ2n) is 4.19. The Morgan fingerprint density at radius 2 is 1.81 bits per heavy atom. The lowest BCUT2D eigenvalue weighted by Gasteiger charge is -2.09. The van der Waals surface area contributed by atoms with Crippen molar-refractivity contribution in [1.82, 2.24) is 5.32 Å². The molecule has 4 nitrogen and oxygen atoms in total. The molecule has 0 aliphatic rings. The number of nitrogens with two attached hydrogens (primary N) is 1. The first kappa shape index (κ1) is 15.1. The summed E-state index contributed by atoms with van der Waals surface area (Å²) in [6, 6.07) is -0.566. The van der Waals surface area contributed by atoms with Crippen LogP contribution in [0.2, 0.25) is 0 Å². The smallest absolute Gasteiger partial charge is 0.220 e. The molecule has 0 aromatic heterocycles. The number of carbonyl (C=O) groups excluding carboxylic acids is 2. The van der Waals surface area contributed by atoms with Gasteiger partial charge in [0.15, 0.2) is 0 Å². The van der Waals surface area contributed by atoms with E-state index >= 15 is 0 Å². The maximum absolute atomic E-state index is 11.3. The summed E-state index contributed by atoms with van der Waals surface area (Å²) in [5, 5.41) is 2.67. The van der Waals surface area contributed by atoms with Crippen molar-refractivity contribution in [2.75, 3.05) is 6.54 Å². The Kier molecular flexibility index (Phi) is 8.81. The molecule has 0 spiro atoms. The van der Waals surface area contributed by atoms with Crippen LogP contribution < -0.4 is 11.1 Å². The topological polar surface area (TPSA) is 72.2 Å². The Morgan fingerprint density at radius 1 is 1.19 bits per heavy atom. The number of unbranched alkanes of at least 4 members (excludes halogenated alkanes) is 4. The van der Waals surface area contributed by atoms with Crippen LogP contribution in [0.25, 0.3) is 0 Å². The van der Waals surface area contributed by atoms with Crippen LogP contribution in [0.4, 0.5) is 0 Å². The van der Waals surface area contributed by atoms with Gasteiger partial charge in [-0.1, -0.05) is 32.6 Å². The third kappa shape index (κ3) is 8.41. The van der Waals surface area contributed by atoms with Gasteiger partial charge in [-0.15, -0.1) is 0 Å². The Hall–Kier alpha value is -0.900. The highest BCUT2D eigenvalue weighted by Crippen LogP contribution is 2.04.